The molecule has 0 bridgehead atoms. The lowest BCUT2D eigenvalue weighted by atomic mass is 10.1. The molecule has 0 aliphatic rings. The number of ketones is 1. The minimum Gasteiger partial charge on any atom is -0.493 e. The summed E-state index contributed by atoms with van der Waals surface area (Å²) in [6.45, 7) is -0.0522. The normalized spacial score (nSPS) is 10.6. The van der Waals surface area contributed by atoms with E-state index in [9.17, 15) is 4.79 Å². The Labute approximate surface area is 158 Å². The summed E-state index contributed by atoms with van der Waals surface area (Å²) in [4.78, 5) is 12.2. The van der Waals surface area contributed by atoms with E-state index in [2.05, 4.69) is 10.5 Å². The quantitative estimate of drug-likeness (QED) is 0.367. The van der Waals surface area contributed by atoms with Crippen LogP contribution in [0, 0.1) is 0 Å². The van der Waals surface area contributed by atoms with E-state index < -0.39 is 0 Å². The summed E-state index contributed by atoms with van der Waals surface area (Å²) in [6, 6.07) is 24.1. The first-order valence-electron chi connectivity index (χ1n) is 8.49. The molecule has 0 saturated carbocycles. The molecule has 0 aliphatic carbocycles. The van der Waals surface area contributed by atoms with Crippen LogP contribution in [0.3, 0.4) is 0 Å². The molecule has 5 heteroatoms. The van der Waals surface area contributed by atoms with Gasteiger partial charge in [0.15, 0.2) is 23.9 Å². The minimum atomic E-state index is -0.0876. The van der Waals surface area contributed by atoms with Gasteiger partial charge in [-0.1, -0.05) is 48.5 Å². The number of nitrogens with zero attached hydrogens (tertiary/aromatic N) is 1. The van der Waals surface area contributed by atoms with Gasteiger partial charge >= 0.3 is 0 Å². The van der Waals surface area contributed by atoms with Gasteiger partial charge in [-0.2, -0.15) is 5.10 Å². The molecule has 0 fully saturated rings. The third kappa shape index (κ3) is 5.19. The second-order valence-corrected chi connectivity index (χ2v) is 5.72. The molecule has 3 aromatic carbocycles. The van der Waals surface area contributed by atoms with Crippen molar-refractivity contribution < 1.29 is 14.3 Å². The van der Waals surface area contributed by atoms with Crippen LogP contribution in [0.4, 0.5) is 5.69 Å². The van der Waals surface area contributed by atoms with E-state index >= 15 is 0 Å². The Bertz CT molecular complexity index is 909. The number of carbonyl (C=O) groups is 1. The molecule has 136 valence electrons. The summed E-state index contributed by atoms with van der Waals surface area (Å²) in [5.41, 5.74) is 5.32. The fraction of sp³-hybridized carbons (Fsp3) is 0.0909. The molecule has 0 heterocycles. The van der Waals surface area contributed by atoms with Gasteiger partial charge in [0.05, 0.1) is 19.0 Å². The maximum atomic E-state index is 12.2. The van der Waals surface area contributed by atoms with Crippen molar-refractivity contribution in [3.63, 3.8) is 0 Å². The molecule has 0 atom stereocenters. The molecule has 0 aliphatic heterocycles. The number of Topliss-reactive ketones (excluding diaryl/α,β-unsaturated/α-hetero) is 1. The highest BCUT2D eigenvalue weighted by Crippen LogP contribution is 2.27. The van der Waals surface area contributed by atoms with E-state index in [1.165, 1.54) is 0 Å². The van der Waals surface area contributed by atoms with Crippen molar-refractivity contribution in [2.24, 2.45) is 5.10 Å². The Morgan fingerprint density at radius 1 is 0.963 bits per heavy atom. The van der Waals surface area contributed by atoms with Crippen LogP contribution in [0.5, 0.6) is 11.5 Å². The van der Waals surface area contributed by atoms with E-state index in [0.29, 0.717) is 17.1 Å². The zero-order valence-corrected chi connectivity index (χ0v) is 15.0. The number of nitrogens with one attached hydrogen (secondary N) is 1. The van der Waals surface area contributed by atoms with E-state index in [-0.39, 0.29) is 12.4 Å². The molecule has 5 nitrogen and oxygen atoms in total. The van der Waals surface area contributed by atoms with Crippen LogP contribution >= 0.6 is 0 Å². The summed E-state index contributed by atoms with van der Waals surface area (Å²) in [5.74, 6) is 0.963. The average molecular weight is 360 g/mol. The van der Waals surface area contributed by atoms with Crippen LogP contribution in [-0.2, 0) is 0 Å². The Kier molecular flexibility index (Phi) is 6.20. The van der Waals surface area contributed by atoms with Crippen molar-refractivity contribution in [3.8, 4) is 11.5 Å². The molecular formula is C22H20N2O3. The predicted molar refractivity (Wildman–Crippen MR) is 107 cm³/mol. The SMILES string of the molecule is COc1cc(C=NNc2ccccc2)ccc1OCC(=O)c1ccccc1. The third-order valence-corrected chi connectivity index (χ3v) is 3.82. The Balaban J connectivity index is 1.63. The zero-order valence-electron chi connectivity index (χ0n) is 15.0. The maximum Gasteiger partial charge on any atom is 0.200 e. The topological polar surface area (TPSA) is 59.9 Å². The Hall–Kier alpha value is -3.60. The standard InChI is InChI=1S/C22H20N2O3/c1-26-22-14-17(15-23-24-19-10-6-3-7-11-19)12-13-21(22)27-16-20(25)18-8-4-2-5-9-18/h2-15,24H,16H2,1H3. The van der Waals surface area contributed by atoms with Gasteiger partial charge in [0.25, 0.3) is 0 Å². The maximum absolute atomic E-state index is 12.2. The number of benzene rings is 3. The van der Waals surface area contributed by atoms with Crippen LogP contribution in [0.25, 0.3) is 0 Å². The Morgan fingerprint density at radius 2 is 1.67 bits per heavy atom. The average Bonchev–Trinajstić information content (AvgIpc) is 2.73. The smallest absolute Gasteiger partial charge is 0.200 e. The van der Waals surface area contributed by atoms with E-state index in [4.69, 9.17) is 9.47 Å². The molecule has 0 aromatic heterocycles. The molecule has 1 N–H and O–H groups in total. The van der Waals surface area contributed by atoms with E-state index in [0.717, 1.165) is 11.3 Å². The zero-order chi connectivity index (χ0) is 18.9. The molecule has 0 unspecified atom stereocenters. The second-order valence-electron chi connectivity index (χ2n) is 5.72. The van der Waals surface area contributed by atoms with Gasteiger partial charge in [-0.3, -0.25) is 10.2 Å². The highest BCUT2D eigenvalue weighted by atomic mass is 16.5. The van der Waals surface area contributed by atoms with Gasteiger partial charge in [0.1, 0.15) is 0 Å². The number of anilines is 1. The second kappa shape index (κ2) is 9.20. The third-order valence-electron chi connectivity index (χ3n) is 3.82. The molecular weight excluding hydrogens is 340 g/mol. The van der Waals surface area contributed by atoms with Crippen molar-refractivity contribution in [3.05, 3.63) is 90.0 Å². The van der Waals surface area contributed by atoms with Crippen molar-refractivity contribution in [1.29, 1.82) is 0 Å². The van der Waals surface area contributed by atoms with Crippen molar-refractivity contribution >= 4 is 17.7 Å². The summed E-state index contributed by atoms with van der Waals surface area (Å²) in [7, 11) is 1.56. The van der Waals surface area contributed by atoms with Gasteiger partial charge in [-0.25, -0.2) is 0 Å². The number of hydrogen-bond acceptors (Lipinski definition) is 5. The molecule has 27 heavy (non-hydrogen) atoms. The number of para-hydroxylation sites is 1. The number of rotatable bonds is 8. The van der Waals surface area contributed by atoms with Crippen LogP contribution in [0.15, 0.2) is 84.0 Å². The highest BCUT2D eigenvalue weighted by Gasteiger charge is 2.10. The molecule has 0 radical (unpaired) electrons. The summed E-state index contributed by atoms with van der Waals surface area (Å²) in [6.07, 6.45) is 1.69. The van der Waals surface area contributed by atoms with Gasteiger partial charge in [-0.05, 0) is 35.9 Å². The van der Waals surface area contributed by atoms with Crippen molar-refractivity contribution in [2.45, 2.75) is 0 Å². The number of hydrazone groups is 1. The fourth-order valence-electron chi connectivity index (χ4n) is 2.43. The van der Waals surface area contributed by atoms with E-state index in [1.54, 1.807) is 37.6 Å². The van der Waals surface area contributed by atoms with Gasteiger partial charge in [-0.15, -0.1) is 0 Å². The van der Waals surface area contributed by atoms with Crippen LogP contribution in [0.1, 0.15) is 15.9 Å². The minimum absolute atomic E-state index is 0.0522. The number of ether oxygens (including phenoxy) is 2. The summed E-state index contributed by atoms with van der Waals surface area (Å²) in [5, 5.41) is 4.21. The monoisotopic (exact) mass is 360 g/mol. The molecule has 0 saturated heterocycles. The van der Waals surface area contributed by atoms with Crippen molar-refractivity contribution in [1.82, 2.24) is 0 Å². The highest BCUT2D eigenvalue weighted by molar-refractivity contribution is 5.97. The molecule has 0 amide bonds. The van der Waals surface area contributed by atoms with Crippen LogP contribution < -0.4 is 14.9 Å². The lowest BCUT2D eigenvalue weighted by molar-refractivity contribution is 0.0919. The molecule has 3 aromatic rings. The van der Waals surface area contributed by atoms with Crippen LogP contribution in [0.2, 0.25) is 0 Å². The van der Waals surface area contributed by atoms with Gasteiger partial charge in [0.2, 0.25) is 0 Å². The molecule has 3 rings (SSSR count). The number of hydrogen-bond donors (Lipinski definition) is 1. The van der Waals surface area contributed by atoms with Gasteiger partial charge in [0, 0.05) is 5.56 Å². The predicted octanol–water partition coefficient (Wildman–Crippen LogP) is 4.40. The number of carbonyl (C=O) groups excluding carboxylic acids is 1. The lowest BCUT2D eigenvalue weighted by Gasteiger charge is -2.11. The first kappa shape index (κ1) is 18.2. The summed E-state index contributed by atoms with van der Waals surface area (Å²) >= 11 is 0. The van der Waals surface area contributed by atoms with Crippen LogP contribution in [-0.4, -0.2) is 25.7 Å². The largest absolute Gasteiger partial charge is 0.493 e. The Morgan fingerprint density at radius 3 is 2.37 bits per heavy atom. The number of methoxy groups -OCH3 is 1. The lowest BCUT2D eigenvalue weighted by Crippen LogP contribution is -2.12. The first-order valence-corrected chi connectivity index (χ1v) is 8.49. The molecule has 0 spiro atoms. The van der Waals surface area contributed by atoms with Gasteiger partial charge < -0.3 is 9.47 Å². The van der Waals surface area contributed by atoms with E-state index in [1.807, 2.05) is 54.6 Å². The first-order chi connectivity index (χ1) is 13.3. The summed E-state index contributed by atoms with van der Waals surface area (Å²) < 4.78 is 11.0. The van der Waals surface area contributed by atoms with Crippen molar-refractivity contribution in [2.75, 3.05) is 19.1 Å². The fourth-order valence-corrected chi connectivity index (χ4v) is 2.43.